The predicted molar refractivity (Wildman–Crippen MR) is 133 cm³/mol. The second kappa shape index (κ2) is 11.1. The Kier molecular flexibility index (Phi) is 7.70. The average molecular weight is 450 g/mol. The van der Waals surface area contributed by atoms with E-state index in [1.54, 1.807) is 7.11 Å². The number of anilines is 1. The summed E-state index contributed by atoms with van der Waals surface area (Å²) >= 11 is 0. The van der Waals surface area contributed by atoms with Crippen LogP contribution in [-0.2, 0) is 17.9 Å². The van der Waals surface area contributed by atoms with Crippen molar-refractivity contribution in [2.45, 2.75) is 45.3 Å². The lowest BCUT2D eigenvalue weighted by Crippen LogP contribution is -2.44. The molecule has 2 aliphatic heterocycles. The molecular formula is C26H35N5O2. The Hall–Kier alpha value is -3.22. The van der Waals surface area contributed by atoms with Crippen molar-refractivity contribution in [1.82, 2.24) is 15.5 Å². The van der Waals surface area contributed by atoms with Crippen LogP contribution in [0.1, 0.15) is 37.3 Å². The van der Waals surface area contributed by atoms with Crippen molar-refractivity contribution in [3.05, 3.63) is 59.7 Å². The summed E-state index contributed by atoms with van der Waals surface area (Å²) in [4.78, 5) is 21.3. The van der Waals surface area contributed by atoms with Gasteiger partial charge < -0.3 is 25.2 Å². The molecule has 2 heterocycles. The molecule has 2 aromatic carbocycles. The van der Waals surface area contributed by atoms with Crippen LogP contribution in [0.25, 0.3) is 0 Å². The summed E-state index contributed by atoms with van der Waals surface area (Å²) in [6.07, 6.45) is 2.67. The van der Waals surface area contributed by atoms with Gasteiger partial charge in [0.15, 0.2) is 5.96 Å². The van der Waals surface area contributed by atoms with E-state index in [1.807, 2.05) is 29.2 Å². The molecule has 0 aliphatic carbocycles. The van der Waals surface area contributed by atoms with Gasteiger partial charge in [-0.15, -0.1) is 0 Å². The van der Waals surface area contributed by atoms with Crippen LogP contribution < -0.4 is 20.3 Å². The van der Waals surface area contributed by atoms with Gasteiger partial charge in [-0.2, -0.15) is 0 Å². The first-order chi connectivity index (χ1) is 16.2. The van der Waals surface area contributed by atoms with Crippen LogP contribution in [0.4, 0.5) is 5.69 Å². The molecule has 1 amide bonds. The van der Waals surface area contributed by atoms with Crippen molar-refractivity contribution in [2.24, 2.45) is 4.99 Å². The zero-order valence-corrected chi connectivity index (χ0v) is 19.7. The van der Waals surface area contributed by atoms with Crippen LogP contribution in [0, 0.1) is 0 Å². The average Bonchev–Trinajstić information content (AvgIpc) is 3.47. The number of carbonyl (C=O) groups is 1. The molecule has 0 spiro atoms. The SMILES string of the molecule is CCNC(=NCc1ccccc1CN1CCCC1=O)NC1CCN(c2ccccc2OC)C1. The number of nitrogens with zero attached hydrogens (tertiary/aromatic N) is 3. The number of guanidine groups is 1. The van der Waals surface area contributed by atoms with E-state index in [0.717, 1.165) is 62.0 Å². The van der Waals surface area contributed by atoms with Crippen LogP contribution in [0.5, 0.6) is 5.75 Å². The highest BCUT2D eigenvalue weighted by molar-refractivity contribution is 5.80. The molecule has 2 fully saturated rings. The van der Waals surface area contributed by atoms with Crippen molar-refractivity contribution >= 4 is 17.6 Å². The minimum atomic E-state index is 0.254. The van der Waals surface area contributed by atoms with Gasteiger partial charge >= 0.3 is 0 Å². The monoisotopic (exact) mass is 449 g/mol. The first-order valence-electron chi connectivity index (χ1n) is 11.9. The zero-order valence-electron chi connectivity index (χ0n) is 19.7. The van der Waals surface area contributed by atoms with E-state index in [4.69, 9.17) is 9.73 Å². The molecule has 1 unspecified atom stereocenters. The molecule has 2 aromatic rings. The van der Waals surface area contributed by atoms with Gasteiger partial charge in [0.2, 0.25) is 5.91 Å². The minimum absolute atomic E-state index is 0.254. The lowest BCUT2D eigenvalue weighted by molar-refractivity contribution is -0.128. The second-order valence-corrected chi connectivity index (χ2v) is 8.63. The summed E-state index contributed by atoms with van der Waals surface area (Å²) in [6.45, 7) is 6.87. The fraction of sp³-hybridized carbons (Fsp3) is 0.462. The number of amides is 1. The van der Waals surface area contributed by atoms with Gasteiger partial charge in [-0.1, -0.05) is 36.4 Å². The summed E-state index contributed by atoms with van der Waals surface area (Å²) in [5, 5.41) is 7.00. The van der Waals surface area contributed by atoms with Crippen LogP contribution in [0.15, 0.2) is 53.5 Å². The van der Waals surface area contributed by atoms with E-state index >= 15 is 0 Å². The molecule has 0 bridgehead atoms. The number of aliphatic imine (C=N–C) groups is 1. The summed E-state index contributed by atoms with van der Waals surface area (Å²) in [7, 11) is 1.72. The van der Waals surface area contributed by atoms with E-state index in [2.05, 4.69) is 46.7 Å². The van der Waals surface area contributed by atoms with Crippen LogP contribution in [0.2, 0.25) is 0 Å². The Labute approximate surface area is 196 Å². The zero-order chi connectivity index (χ0) is 23.0. The molecule has 0 saturated carbocycles. The second-order valence-electron chi connectivity index (χ2n) is 8.63. The van der Waals surface area contributed by atoms with E-state index < -0.39 is 0 Å². The van der Waals surface area contributed by atoms with Crippen LogP contribution in [-0.4, -0.2) is 56.1 Å². The molecule has 176 valence electrons. The summed E-state index contributed by atoms with van der Waals surface area (Å²) < 4.78 is 5.54. The molecule has 33 heavy (non-hydrogen) atoms. The topological polar surface area (TPSA) is 69.2 Å². The van der Waals surface area contributed by atoms with Gasteiger partial charge in [0.05, 0.1) is 19.3 Å². The maximum absolute atomic E-state index is 12.1. The van der Waals surface area contributed by atoms with Crippen molar-refractivity contribution in [1.29, 1.82) is 0 Å². The van der Waals surface area contributed by atoms with Crippen LogP contribution >= 0.6 is 0 Å². The van der Waals surface area contributed by atoms with Crippen LogP contribution in [0.3, 0.4) is 0 Å². The first-order valence-corrected chi connectivity index (χ1v) is 11.9. The van der Waals surface area contributed by atoms with E-state index in [9.17, 15) is 4.79 Å². The number of ether oxygens (including phenoxy) is 1. The van der Waals surface area contributed by atoms with Crippen molar-refractivity contribution in [2.75, 3.05) is 38.2 Å². The summed E-state index contributed by atoms with van der Waals surface area (Å²) in [6, 6.07) is 16.8. The number of nitrogens with one attached hydrogen (secondary N) is 2. The molecule has 2 saturated heterocycles. The number of carbonyl (C=O) groups excluding carboxylic acids is 1. The summed E-state index contributed by atoms with van der Waals surface area (Å²) in [5.74, 6) is 1.99. The van der Waals surface area contributed by atoms with Gasteiger partial charge in [-0.05, 0) is 43.0 Å². The Bertz CT molecular complexity index is 977. The van der Waals surface area contributed by atoms with Crippen molar-refractivity contribution in [3.63, 3.8) is 0 Å². The molecule has 0 aromatic heterocycles. The number of likely N-dealkylation sites (tertiary alicyclic amines) is 1. The minimum Gasteiger partial charge on any atom is -0.495 e. The quantitative estimate of drug-likeness (QED) is 0.479. The largest absolute Gasteiger partial charge is 0.495 e. The Morgan fingerprint density at radius 1 is 1.12 bits per heavy atom. The molecule has 0 radical (unpaired) electrons. The predicted octanol–water partition coefficient (Wildman–Crippen LogP) is 3.15. The third-order valence-electron chi connectivity index (χ3n) is 6.36. The molecule has 2 aliphatic rings. The fourth-order valence-electron chi connectivity index (χ4n) is 4.61. The first kappa shape index (κ1) is 23.0. The molecule has 7 nitrogen and oxygen atoms in total. The van der Waals surface area contributed by atoms with E-state index in [0.29, 0.717) is 25.6 Å². The molecule has 7 heteroatoms. The van der Waals surface area contributed by atoms with Crippen molar-refractivity contribution < 1.29 is 9.53 Å². The highest BCUT2D eigenvalue weighted by atomic mass is 16.5. The normalized spacial score (nSPS) is 18.7. The lowest BCUT2D eigenvalue weighted by Gasteiger charge is -2.22. The highest BCUT2D eigenvalue weighted by Crippen LogP contribution is 2.30. The number of hydrogen-bond acceptors (Lipinski definition) is 4. The molecule has 2 N–H and O–H groups in total. The standard InChI is InChI=1S/C26H35N5O2/c1-3-27-26(29-22-14-16-30(19-22)23-11-6-7-12-24(23)33-2)28-17-20-9-4-5-10-21(20)18-31-15-8-13-25(31)32/h4-7,9-12,22H,3,8,13-19H2,1-2H3,(H2,27,28,29). The van der Waals surface area contributed by atoms with Gasteiger partial charge in [-0.3, -0.25) is 4.79 Å². The number of para-hydroxylation sites is 2. The summed E-state index contributed by atoms with van der Waals surface area (Å²) in [5.41, 5.74) is 3.48. The molecule has 1 atom stereocenters. The number of rotatable bonds is 8. The van der Waals surface area contributed by atoms with Gasteiger partial charge in [0.25, 0.3) is 0 Å². The Balaban J connectivity index is 1.40. The lowest BCUT2D eigenvalue weighted by atomic mass is 10.1. The van der Waals surface area contributed by atoms with Gasteiger partial charge in [0.1, 0.15) is 5.75 Å². The number of methoxy groups -OCH3 is 1. The Morgan fingerprint density at radius 3 is 2.67 bits per heavy atom. The van der Waals surface area contributed by atoms with Gasteiger partial charge in [0, 0.05) is 45.2 Å². The fourth-order valence-corrected chi connectivity index (χ4v) is 4.61. The molecular weight excluding hydrogens is 414 g/mol. The third kappa shape index (κ3) is 5.78. The van der Waals surface area contributed by atoms with Gasteiger partial charge in [-0.25, -0.2) is 4.99 Å². The van der Waals surface area contributed by atoms with Crippen molar-refractivity contribution in [3.8, 4) is 5.75 Å². The Morgan fingerprint density at radius 2 is 1.91 bits per heavy atom. The third-order valence-corrected chi connectivity index (χ3v) is 6.36. The van der Waals surface area contributed by atoms with E-state index in [1.165, 1.54) is 5.56 Å². The number of benzene rings is 2. The smallest absolute Gasteiger partial charge is 0.222 e. The maximum atomic E-state index is 12.1. The number of hydrogen-bond donors (Lipinski definition) is 2. The maximum Gasteiger partial charge on any atom is 0.222 e. The highest BCUT2D eigenvalue weighted by Gasteiger charge is 2.25. The van der Waals surface area contributed by atoms with E-state index in [-0.39, 0.29) is 5.91 Å². The molecule has 4 rings (SSSR count).